The Hall–Kier alpha value is -2.25. The largest absolute Gasteiger partial charge is 0.466 e. The van der Waals surface area contributed by atoms with E-state index >= 15 is 0 Å². The first kappa shape index (κ1) is 17.6. The van der Waals surface area contributed by atoms with E-state index in [0.29, 0.717) is 11.4 Å². The predicted molar refractivity (Wildman–Crippen MR) is 95.2 cm³/mol. The zero-order valence-corrected chi connectivity index (χ0v) is 14.6. The summed E-state index contributed by atoms with van der Waals surface area (Å²) in [5.74, 6) is -1.13. The number of furan rings is 1. The third kappa shape index (κ3) is 4.05. The zero-order chi connectivity index (χ0) is 17.9. The second kappa shape index (κ2) is 7.33. The molecule has 3 N–H and O–H groups in total. The molecule has 25 heavy (non-hydrogen) atoms. The first-order valence-corrected chi connectivity index (χ1v) is 9.25. The highest BCUT2D eigenvalue weighted by Gasteiger charge is 2.47. The Morgan fingerprint density at radius 1 is 1.28 bits per heavy atom. The SMILES string of the molecule is CSc1cccc(NC(=O)C(=O)NCC(O)(c2ccco2)C2CC2)c1. The lowest BCUT2D eigenvalue weighted by molar-refractivity contribution is -0.137. The van der Waals surface area contributed by atoms with Crippen molar-refractivity contribution in [2.75, 3.05) is 18.1 Å². The van der Waals surface area contributed by atoms with E-state index in [0.717, 1.165) is 17.7 Å². The summed E-state index contributed by atoms with van der Waals surface area (Å²) in [5, 5.41) is 15.9. The maximum atomic E-state index is 12.1. The van der Waals surface area contributed by atoms with Crippen molar-refractivity contribution in [1.82, 2.24) is 5.32 Å². The molecule has 0 saturated heterocycles. The van der Waals surface area contributed by atoms with E-state index < -0.39 is 17.4 Å². The molecule has 7 heteroatoms. The molecule has 132 valence electrons. The second-order valence-corrected chi connectivity index (χ2v) is 6.92. The lowest BCUT2D eigenvalue weighted by atomic mass is 9.94. The van der Waals surface area contributed by atoms with E-state index in [2.05, 4.69) is 10.6 Å². The van der Waals surface area contributed by atoms with Gasteiger partial charge in [0, 0.05) is 10.6 Å². The van der Waals surface area contributed by atoms with Crippen LogP contribution in [0.2, 0.25) is 0 Å². The molecule has 0 bridgehead atoms. The van der Waals surface area contributed by atoms with Crippen LogP contribution in [0.1, 0.15) is 18.6 Å². The molecular formula is C18H20N2O4S. The third-order valence-electron chi connectivity index (χ3n) is 4.25. The highest BCUT2D eigenvalue weighted by molar-refractivity contribution is 7.98. The molecule has 1 unspecified atom stereocenters. The fraction of sp³-hybridized carbons (Fsp3) is 0.333. The summed E-state index contributed by atoms with van der Waals surface area (Å²) in [6, 6.07) is 10.6. The molecule has 1 heterocycles. The van der Waals surface area contributed by atoms with Crippen LogP contribution < -0.4 is 10.6 Å². The maximum absolute atomic E-state index is 12.1. The molecule has 0 radical (unpaired) electrons. The first-order chi connectivity index (χ1) is 12.0. The van der Waals surface area contributed by atoms with Gasteiger partial charge in [-0.15, -0.1) is 11.8 Å². The molecule has 3 rings (SSSR count). The first-order valence-electron chi connectivity index (χ1n) is 8.02. The standard InChI is InChI=1S/C18H20N2O4S/c1-25-14-5-2-4-13(10-14)20-17(22)16(21)19-11-18(23,12-7-8-12)15-6-3-9-24-15/h2-6,9-10,12,23H,7-8,11H2,1H3,(H,19,21)(H,20,22). The van der Waals surface area contributed by atoms with Gasteiger partial charge in [0.1, 0.15) is 11.4 Å². The highest BCUT2D eigenvalue weighted by Crippen LogP contribution is 2.45. The van der Waals surface area contributed by atoms with Crippen LogP contribution >= 0.6 is 11.8 Å². The van der Waals surface area contributed by atoms with Gasteiger partial charge in [0.2, 0.25) is 0 Å². The minimum atomic E-state index is -1.28. The average Bonchev–Trinajstić information content (AvgIpc) is 3.34. The van der Waals surface area contributed by atoms with E-state index in [1.165, 1.54) is 6.26 Å². The van der Waals surface area contributed by atoms with Gasteiger partial charge in [0.15, 0.2) is 0 Å². The van der Waals surface area contributed by atoms with Gasteiger partial charge in [-0.3, -0.25) is 9.59 Å². The highest BCUT2D eigenvalue weighted by atomic mass is 32.2. The molecule has 1 aliphatic carbocycles. The molecule has 2 aromatic rings. The van der Waals surface area contributed by atoms with Gasteiger partial charge < -0.3 is 20.2 Å². The van der Waals surface area contributed by atoms with Gasteiger partial charge in [-0.25, -0.2) is 0 Å². The van der Waals surface area contributed by atoms with Crippen LogP contribution in [0.5, 0.6) is 0 Å². The molecule has 1 atom stereocenters. The number of hydrogen-bond acceptors (Lipinski definition) is 5. The molecule has 0 aliphatic heterocycles. The fourth-order valence-corrected chi connectivity index (χ4v) is 3.16. The van der Waals surface area contributed by atoms with Crippen LogP contribution in [0.4, 0.5) is 5.69 Å². The topological polar surface area (TPSA) is 91.6 Å². The number of anilines is 1. The van der Waals surface area contributed by atoms with Crippen molar-refractivity contribution in [2.45, 2.75) is 23.3 Å². The summed E-state index contributed by atoms with van der Waals surface area (Å²) in [7, 11) is 0. The van der Waals surface area contributed by atoms with Crippen molar-refractivity contribution in [3.8, 4) is 0 Å². The number of carbonyl (C=O) groups excluding carboxylic acids is 2. The average molecular weight is 360 g/mol. The summed E-state index contributed by atoms with van der Waals surface area (Å²) < 4.78 is 5.31. The molecule has 1 aromatic heterocycles. The van der Waals surface area contributed by atoms with E-state index in [-0.39, 0.29) is 12.5 Å². The number of hydrogen-bond donors (Lipinski definition) is 3. The van der Waals surface area contributed by atoms with Gasteiger partial charge in [-0.2, -0.15) is 0 Å². The van der Waals surface area contributed by atoms with E-state index in [4.69, 9.17) is 4.42 Å². The number of carbonyl (C=O) groups is 2. The van der Waals surface area contributed by atoms with Crippen molar-refractivity contribution in [3.05, 3.63) is 48.4 Å². The minimum absolute atomic E-state index is 0.0280. The van der Waals surface area contributed by atoms with Crippen molar-refractivity contribution in [3.63, 3.8) is 0 Å². The van der Waals surface area contributed by atoms with Crippen LogP contribution in [0.15, 0.2) is 52.0 Å². The molecular weight excluding hydrogens is 340 g/mol. The molecule has 0 spiro atoms. The third-order valence-corrected chi connectivity index (χ3v) is 4.98. The second-order valence-electron chi connectivity index (χ2n) is 6.04. The smallest absolute Gasteiger partial charge is 0.313 e. The normalized spacial score (nSPS) is 16.1. The number of benzene rings is 1. The van der Waals surface area contributed by atoms with Crippen LogP contribution in [0.3, 0.4) is 0 Å². The molecule has 1 aromatic carbocycles. The van der Waals surface area contributed by atoms with Crippen molar-refractivity contribution < 1.29 is 19.1 Å². The Labute approximate surface area is 150 Å². The molecule has 1 saturated carbocycles. The number of amides is 2. The Bertz CT molecular complexity index is 758. The van der Waals surface area contributed by atoms with E-state index in [1.54, 1.807) is 36.0 Å². The molecule has 1 fully saturated rings. The van der Waals surface area contributed by atoms with Crippen molar-refractivity contribution in [2.24, 2.45) is 5.92 Å². The fourth-order valence-electron chi connectivity index (χ4n) is 2.70. The Morgan fingerprint density at radius 2 is 2.08 bits per heavy atom. The van der Waals surface area contributed by atoms with Crippen molar-refractivity contribution in [1.29, 1.82) is 0 Å². The monoisotopic (exact) mass is 360 g/mol. The van der Waals surface area contributed by atoms with Crippen LogP contribution in [0, 0.1) is 5.92 Å². The molecule has 2 amide bonds. The summed E-state index contributed by atoms with van der Waals surface area (Å²) in [6.07, 6.45) is 5.14. The lowest BCUT2D eigenvalue weighted by Gasteiger charge is -2.26. The van der Waals surface area contributed by atoms with E-state index in [9.17, 15) is 14.7 Å². The van der Waals surface area contributed by atoms with Crippen LogP contribution in [0.25, 0.3) is 0 Å². The number of aliphatic hydroxyl groups is 1. The number of thioether (sulfide) groups is 1. The van der Waals surface area contributed by atoms with Gasteiger partial charge in [0.05, 0.1) is 12.8 Å². The Morgan fingerprint density at radius 3 is 2.72 bits per heavy atom. The van der Waals surface area contributed by atoms with Gasteiger partial charge in [-0.05, 0) is 55.3 Å². The predicted octanol–water partition coefficient (Wildman–Crippen LogP) is 2.35. The maximum Gasteiger partial charge on any atom is 0.313 e. The van der Waals surface area contributed by atoms with Gasteiger partial charge in [-0.1, -0.05) is 6.07 Å². The summed E-state index contributed by atoms with van der Waals surface area (Å²) in [6.45, 7) is -0.0672. The summed E-state index contributed by atoms with van der Waals surface area (Å²) in [4.78, 5) is 25.1. The summed E-state index contributed by atoms with van der Waals surface area (Å²) in [5.41, 5.74) is -0.728. The Kier molecular flexibility index (Phi) is 5.15. The summed E-state index contributed by atoms with van der Waals surface area (Å²) >= 11 is 1.55. The molecule has 1 aliphatic rings. The van der Waals surface area contributed by atoms with E-state index in [1.807, 2.05) is 18.4 Å². The van der Waals surface area contributed by atoms with Gasteiger partial charge >= 0.3 is 11.8 Å². The minimum Gasteiger partial charge on any atom is -0.466 e. The quantitative estimate of drug-likeness (QED) is 0.543. The number of rotatable bonds is 6. The van der Waals surface area contributed by atoms with Crippen LogP contribution in [-0.4, -0.2) is 29.7 Å². The lowest BCUT2D eigenvalue weighted by Crippen LogP contribution is -2.45. The van der Waals surface area contributed by atoms with Crippen molar-refractivity contribution >= 4 is 29.3 Å². The van der Waals surface area contributed by atoms with Gasteiger partial charge in [0.25, 0.3) is 0 Å². The van der Waals surface area contributed by atoms with Crippen LogP contribution in [-0.2, 0) is 15.2 Å². The zero-order valence-electron chi connectivity index (χ0n) is 13.8. The number of nitrogens with one attached hydrogen (secondary N) is 2. The Balaban J connectivity index is 1.60. The molecule has 6 nitrogen and oxygen atoms in total.